The standard InChI is InChI=1S/C13H21N3O3/c1-13(2,17)8-15-7-10-6-9(12(14)16-18)4-5-11(10)19-3/h4-6,15,17-18H,7-8H2,1-3H3,(H2,14,16). The van der Waals surface area contributed by atoms with Gasteiger partial charge in [0.1, 0.15) is 5.75 Å². The first kappa shape index (κ1) is 15.3. The molecule has 106 valence electrons. The fourth-order valence-corrected chi connectivity index (χ4v) is 1.64. The lowest BCUT2D eigenvalue weighted by Crippen LogP contribution is -2.34. The third-order valence-electron chi connectivity index (χ3n) is 2.56. The molecule has 19 heavy (non-hydrogen) atoms. The van der Waals surface area contributed by atoms with Crippen molar-refractivity contribution in [2.45, 2.75) is 26.0 Å². The molecule has 0 aliphatic carbocycles. The highest BCUT2D eigenvalue weighted by Gasteiger charge is 2.12. The first-order chi connectivity index (χ1) is 8.87. The number of amidine groups is 1. The number of nitrogens with one attached hydrogen (secondary N) is 1. The number of nitrogens with two attached hydrogens (primary N) is 1. The molecule has 0 saturated heterocycles. The minimum absolute atomic E-state index is 0.0476. The Morgan fingerprint density at radius 2 is 2.16 bits per heavy atom. The number of rotatable bonds is 6. The lowest BCUT2D eigenvalue weighted by Gasteiger charge is -2.18. The van der Waals surface area contributed by atoms with Gasteiger partial charge in [-0.1, -0.05) is 5.16 Å². The summed E-state index contributed by atoms with van der Waals surface area (Å²) in [4.78, 5) is 0. The summed E-state index contributed by atoms with van der Waals surface area (Å²) in [6.45, 7) is 4.41. The Labute approximate surface area is 112 Å². The lowest BCUT2D eigenvalue weighted by atomic mass is 10.1. The molecule has 0 saturated carbocycles. The van der Waals surface area contributed by atoms with Gasteiger partial charge in [-0.05, 0) is 32.0 Å². The van der Waals surface area contributed by atoms with Crippen LogP contribution < -0.4 is 15.8 Å². The number of hydrogen-bond acceptors (Lipinski definition) is 5. The van der Waals surface area contributed by atoms with Gasteiger partial charge in [0.15, 0.2) is 5.84 Å². The van der Waals surface area contributed by atoms with E-state index in [1.165, 1.54) is 0 Å². The zero-order valence-electron chi connectivity index (χ0n) is 11.5. The van der Waals surface area contributed by atoms with Gasteiger partial charge in [-0.2, -0.15) is 0 Å². The van der Waals surface area contributed by atoms with Gasteiger partial charge in [-0.25, -0.2) is 0 Å². The molecule has 6 heteroatoms. The van der Waals surface area contributed by atoms with Gasteiger partial charge >= 0.3 is 0 Å². The second kappa shape index (κ2) is 6.40. The van der Waals surface area contributed by atoms with Crippen LogP contribution in [0.2, 0.25) is 0 Å². The van der Waals surface area contributed by atoms with Gasteiger partial charge in [0.25, 0.3) is 0 Å². The van der Waals surface area contributed by atoms with E-state index in [1.54, 1.807) is 39.2 Å². The maximum atomic E-state index is 9.64. The Hall–Kier alpha value is -1.79. The Morgan fingerprint density at radius 3 is 2.68 bits per heavy atom. The summed E-state index contributed by atoms with van der Waals surface area (Å²) in [6, 6.07) is 5.26. The SMILES string of the molecule is COc1ccc(/C(N)=N/O)cc1CNCC(C)(C)O. The first-order valence-electron chi connectivity index (χ1n) is 5.95. The summed E-state index contributed by atoms with van der Waals surface area (Å²) in [6.07, 6.45) is 0. The first-order valence-corrected chi connectivity index (χ1v) is 5.95. The molecule has 0 aliphatic rings. The number of methoxy groups -OCH3 is 1. The zero-order valence-corrected chi connectivity index (χ0v) is 11.5. The van der Waals surface area contributed by atoms with Gasteiger partial charge in [0, 0.05) is 24.2 Å². The number of hydrogen-bond donors (Lipinski definition) is 4. The van der Waals surface area contributed by atoms with E-state index in [4.69, 9.17) is 15.7 Å². The van der Waals surface area contributed by atoms with E-state index in [1.807, 2.05) is 0 Å². The number of aliphatic hydroxyl groups is 1. The molecule has 0 bridgehead atoms. The largest absolute Gasteiger partial charge is 0.496 e. The van der Waals surface area contributed by atoms with E-state index in [2.05, 4.69) is 10.5 Å². The van der Waals surface area contributed by atoms with Crippen LogP contribution in [0.5, 0.6) is 5.75 Å². The zero-order chi connectivity index (χ0) is 14.5. The van der Waals surface area contributed by atoms with Crippen LogP contribution in [0.25, 0.3) is 0 Å². The minimum Gasteiger partial charge on any atom is -0.496 e. The van der Waals surface area contributed by atoms with Crippen LogP contribution in [-0.2, 0) is 6.54 Å². The molecule has 0 spiro atoms. The van der Waals surface area contributed by atoms with E-state index >= 15 is 0 Å². The average molecular weight is 267 g/mol. The molecular formula is C13H21N3O3. The molecule has 5 N–H and O–H groups in total. The summed E-state index contributed by atoms with van der Waals surface area (Å²) >= 11 is 0. The predicted octanol–water partition coefficient (Wildman–Crippen LogP) is 0.650. The van der Waals surface area contributed by atoms with Crippen molar-refractivity contribution in [2.24, 2.45) is 10.9 Å². The summed E-state index contributed by atoms with van der Waals surface area (Å²) < 4.78 is 5.25. The van der Waals surface area contributed by atoms with Gasteiger partial charge < -0.3 is 26.1 Å². The van der Waals surface area contributed by atoms with Crippen LogP contribution in [0.15, 0.2) is 23.4 Å². The quantitative estimate of drug-likeness (QED) is 0.262. The molecule has 1 rings (SSSR count). The number of nitrogens with zero attached hydrogens (tertiary/aromatic N) is 1. The fourth-order valence-electron chi connectivity index (χ4n) is 1.64. The Morgan fingerprint density at radius 1 is 1.47 bits per heavy atom. The summed E-state index contributed by atoms with van der Waals surface area (Å²) in [5.74, 6) is 0.754. The van der Waals surface area contributed by atoms with Crippen molar-refractivity contribution < 1.29 is 15.1 Å². The predicted molar refractivity (Wildman–Crippen MR) is 73.5 cm³/mol. The van der Waals surface area contributed by atoms with Crippen LogP contribution in [0.3, 0.4) is 0 Å². The molecule has 0 aromatic heterocycles. The molecule has 0 aliphatic heterocycles. The molecule has 0 radical (unpaired) electrons. The van der Waals surface area contributed by atoms with Crippen molar-refractivity contribution in [3.05, 3.63) is 29.3 Å². The molecule has 0 atom stereocenters. The molecule has 0 amide bonds. The molecular weight excluding hydrogens is 246 g/mol. The molecule has 6 nitrogen and oxygen atoms in total. The summed E-state index contributed by atoms with van der Waals surface area (Å²) in [5, 5.41) is 24.4. The average Bonchev–Trinajstić information content (AvgIpc) is 2.36. The van der Waals surface area contributed by atoms with Gasteiger partial charge in [-0.15, -0.1) is 0 Å². The maximum Gasteiger partial charge on any atom is 0.170 e. The smallest absolute Gasteiger partial charge is 0.170 e. The Bertz CT molecular complexity index is 453. The number of oxime groups is 1. The Kier molecular flexibility index (Phi) is 5.14. The third kappa shape index (κ3) is 4.76. The number of benzene rings is 1. The van der Waals surface area contributed by atoms with Crippen molar-refractivity contribution >= 4 is 5.84 Å². The molecule has 0 heterocycles. The van der Waals surface area contributed by atoms with E-state index < -0.39 is 5.60 Å². The highest BCUT2D eigenvalue weighted by Crippen LogP contribution is 2.19. The highest BCUT2D eigenvalue weighted by molar-refractivity contribution is 5.97. The van der Waals surface area contributed by atoms with Gasteiger partial charge in [0.2, 0.25) is 0 Å². The molecule has 0 unspecified atom stereocenters. The van der Waals surface area contributed by atoms with Crippen LogP contribution in [0, 0.1) is 0 Å². The molecule has 1 aromatic carbocycles. The van der Waals surface area contributed by atoms with E-state index in [-0.39, 0.29) is 5.84 Å². The van der Waals surface area contributed by atoms with Gasteiger partial charge in [0.05, 0.1) is 12.7 Å². The highest BCUT2D eigenvalue weighted by atomic mass is 16.5. The molecule has 1 aromatic rings. The monoisotopic (exact) mass is 267 g/mol. The van der Waals surface area contributed by atoms with Crippen LogP contribution >= 0.6 is 0 Å². The topological polar surface area (TPSA) is 100 Å². The second-order valence-corrected chi connectivity index (χ2v) is 4.93. The van der Waals surface area contributed by atoms with Gasteiger partial charge in [-0.3, -0.25) is 0 Å². The van der Waals surface area contributed by atoms with Crippen molar-refractivity contribution in [1.82, 2.24) is 5.32 Å². The summed E-state index contributed by atoms with van der Waals surface area (Å²) in [5.41, 5.74) is 6.26. The lowest BCUT2D eigenvalue weighted by molar-refractivity contribution is 0.0794. The third-order valence-corrected chi connectivity index (χ3v) is 2.56. The molecule has 0 fully saturated rings. The number of ether oxygens (including phenoxy) is 1. The Balaban J connectivity index is 2.85. The van der Waals surface area contributed by atoms with Crippen LogP contribution in [0.1, 0.15) is 25.0 Å². The van der Waals surface area contributed by atoms with Crippen LogP contribution in [0.4, 0.5) is 0 Å². The van der Waals surface area contributed by atoms with E-state index in [9.17, 15) is 5.11 Å². The van der Waals surface area contributed by atoms with E-state index in [0.29, 0.717) is 24.4 Å². The maximum absolute atomic E-state index is 9.64. The minimum atomic E-state index is -0.781. The van der Waals surface area contributed by atoms with E-state index in [0.717, 1.165) is 5.56 Å². The summed E-state index contributed by atoms with van der Waals surface area (Å²) in [7, 11) is 1.58. The van der Waals surface area contributed by atoms with Crippen molar-refractivity contribution in [1.29, 1.82) is 0 Å². The normalized spacial score (nSPS) is 12.5. The fraction of sp³-hybridized carbons (Fsp3) is 0.462. The van der Waals surface area contributed by atoms with Crippen molar-refractivity contribution in [3.8, 4) is 5.75 Å². The van der Waals surface area contributed by atoms with Crippen molar-refractivity contribution in [2.75, 3.05) is 13.7 Å². The van der Waals surface area contributed by atoms with Crippen molar-refractivity contribution in [3.63, 3.8) is 0 Å². The second-order valence-electron chi connectivity index (χ2n) is 4.93. The van der Waals surface area contributed by atoms with Crippen LogP contribution in [-0.4, -0.2) is 35.4 Å².